The molecule has 0 aromatic heterocycles. The number of piperidine rings is 1. The third kappa shape index (κ3) is 5.52. The summed E-state index contributed by atoms with van der Waals surface area (Å²) < 4.78 is 45.7. The van der Waals surface area contributed by atoms with Gasteiger partial charge < -0.3 is 10.1 Å². The summed E-state index contributed by atoms with van der Waals surface area (Å²) in [6, 6.07) is 4.79. The fourth-order valence-electron chi connectivity index (χ4n) is 3.86. The van der Waals surface area contributed by atoms with Crippen LogP contribution < -0.4 is 5.32 Å². The number of halogens is 1. The number of sulfonamides is 1. The standard InChI is InChI=1S/C20H29FN2O4S/c21-17-8-10-19(11-9-17)28(25,26)23-13-3-5-16(15-23)20(24)22-12-4-14-27-18-6-1-2-7-18/h8-11,16,18H,1-7,12-15H2,(H,22,24). The number of amides is 1. The van der Waals surface area contributed by atoms with Crippen LogP contribution in [-0.4, -0.2) is 51.0 Å². The fourth-order valence-corrected chi connectivity index (χ4v) is 5.39. The van der Waals surface area contributed by atoms with Crippen molar-refractivity contribution in [2.45, 2.75) is 55.9 Å². The van der Waals surface area contributed by atoms with E-state index in [0.29, 0.717) is 38.6 Å². The second kappa shape index (κ2) is 9.80. The monoisotopic (exact) mass is 412 g/mol. The van der Waals surface area contributed by atoms with Crippen LogP contribution in [-0.2, 0) is 19.6 Å². The van der Waals surface area contributed by atoms with E-state index in [4.69, 9.17) is 4.74 Å². The van der Waals surface area contributed by atoms with E-state index in [2.05, 4.69) is 5.32 Å². The molecule has 0 radical (unpaired) electrons. The van der Waals surface area contributed by atoms with E-state index >= 15 is 0 Å². The van der Waals surface area contributed by atoms with Crippen molar-refractivity contribution in [3.63, 3.8) is 0 Å². The number of carbonyl (C=O) groups excluding carboxylic acids is 1. The lowest BCUT2D eigenvalue weighted by Gasteiger charge is -2.31. The Morgan fingerprint density at radius 2 is 1.86 bits per heavy atom. The molecule has 1 amide bonds. The zero-order valence-electron chi connectivity index (χ0n) is 16.1. The summed E-state index contributed by atoms with van der Waals surface area (Å²) in [6.45, 7) is 1.70. The minimum atomic E-state index is -3.72. The summed E-state index contributed by atoms with van der Waals surface area (Å²) in [5, 5.41) is 2.91. The number of benzene rings is 1. The zero-order chi connectivity index (χ0) is 20.0. The second-order valence-electron chi connectivity index (χ2n) is 7.58. The fraction of sp³-hybridized carbons (Fsp3) is 0.650. The van der Waals surface area contributed by atoms with E-state index in [1.807, 2.05) is 0 Å². The summed E-state index contributed by atoms with van der Waals surface area (Å²) in [7, 11) is -3.72. The number of carbonyl (C=O) groups is 1. The lowest BCUT2D eigenvalue weighted by Crippen LogP contribution is -2.45. The van der Waals surface area contributed by atoms with Gasteiger partial charge in [0.25, 0.3) is 0 Å². The highest BCUT2D eigenvalue weighted by Gasteiger charge is 2.33. The Bertz CT molecular complexity index is 748. The molecule has 6 nitrogen and oxygen atoms in total. The molecule has 0 bridgehead atoms. The van der Waals surface area contributed by atoms with Crippen molar-refractivity contribution in [3.05, 3.63) is 30.1 Å². The minimum absolute atomic E-state index is 0.0546. The smallest absolute Gasteiger partial charge is 0.243 e. The third-order valence-electron chi connectivity index (χ3n) is 5.48. The molecule has 1 saturated carbocycles. The largest absolute Gasteiger partial charge is 0.378 e. The van der Waals surface area contributed by atoms with E-state index in [0.717, 1.165) is 31.4 Å². The number of rotatable bonds is 8. The van der Waals surface area contributed by atoms with E-state index in [-0.39, 0.29) is 23.3 Å². The van der Waals surface area contributed by atoms with Crippen molar-refractivity contribution in [1.82, 2.24) is 9.62 Å². The van der Waals surface area contributed by atoms with Crippen molar-refractivity contribution in [2.75, 3.05) is 26.2 Å². The average Bonchev–Trinajstić information content (AvgIpc) is 3.21. The Balaban J connectivity index is 1.45. The number of ether oxygens (including phenoxy) is 1. The Labute approximate surface area is 166 Å². The number of hydrogen-bond donors (Lipinski definition) is 1. The quantitative estimate of drug-likeness (QED) is 0.666. The van der Waals surface area contributed by atoms with Gasteiger partial charge in [-0.1, -0.05) is 12.8 Å². The maximum absolute atomic E-state index is 13.1. The molecule has 0 spiro atoms. The average molecular weight is 413 g/mol. The molecule has 2 aliphatic rings. The number of nitrogens with zero attached hydrogens (tertiary/aromatic N) is 1. The lowest BCUT2D eigenvalue weighted by molar-refractivity contribution is -0.126. The van der Waals surface area contributed by atoms with Crippen LogP contribution in [0.5, 0.6) is 0 Å². The van der Waals surface area contributed by atoms with Crippen molar-refractivity contribution >= 4 is 15.9 Å². The molecule has 28 heavy (non-hydrogen) atoms. The van der Waals surface area contributed by atoms with Gasteiger partial charge in [0.1, 0.15) is 5.82 Å². The third-order valence-corrected chi connectivity index (χ3v) is 7.36. The molecule has 1 heterocycles. The van der Waals surface area contributed by atoms with Gasteiger partial charge in [-0.25, -0.2) is 12.8 Å². The highest BCUT2D eigenvalue weighted by atomic mass is 32.2. The topological polar surface area (TPSA) is 75.7 Å². The Kier molecular flexibility index (Phi) is 7.42. The first kappa shape index (κ1) is 21.2. The van der Waals surface area contributed by atoms with Crippen LogP contribution in [0, 0.1) is 11.7 Å². The second-order valence-corrected chi connectivity index (χ2v) is 9.52. The van der Waals surface area contributed by atoms with Gasteiger partial charge in [-0.3, -0.25) is 4.79 Å². The Hall–Kier alpha value is -1.51. The highest BCUT2D eigenvalue weighted by Crippen LogP contribution is 2.24. The Morgan fingerprint density at radius 3 is 2.57 bits per heavy atom. The molecule has 1 aliphatic carbocycles. The first-order valence-electron chi connectivity index (χ1n) is 10.1. The summed E-state index contributed by atoms with van der Waals surface area (Å²) in [4.78, 5) is 12.5. The summed E-state index contributed by atoms with van der Waals surface area (Å²) in [5.41, 5.74) is 0. The normalized spacial score (nSPS) is 21.7. The molecule has 2 fully saturated rings. The van der Waals surface area contributed by atoms with Gasteiger partial charge in [0.05, 0.1) is 16.9 Å². The highest BCUT2D eigenvalue weighted by molar-refractivity contribution is 7.89. The van der Waals surface area contributed by atoms with Crippen LogP contribution in [0.2, 0.25) is 0 Å². The molecule has 1 unspecified atom stereocenters. The first-order valence-corrected chi connectivity index (χ1v) is 11.6. The summed E-state index contributed by atoms with van der Waals surface area (Å²) in [5.74, 6) is -0.952. The molecule has 1 aliphatic heterocycles. The van der Waals surface area contributed by atoms with Crippen LogP contribution >= 0.6 is 0 Å². The molecular formula is C20H29FN2O4S. The van der Waals surface area contributed by atoms with E-state index in [9.17, 15) is 17.6 Å². The van der Waals surface area contributed by atoms with Gasteiger partial charge >= 0.3 is 0 Å². The van der Waals surface area contributed by atoms with Crippen LogP contribution in [0.25, 0.3) is 0 Å². The molecule has 8 heteroatoms. The molecular weight excluding hydrogens is 383 g/mol. The maximum Gasteiger partial charge on any atom is 0.243 e. The van der Waals surface area contributed by atoms with Gasteiger partial charge in [-0.2, -0.15) is 4.31 Å². The molecule has 1 saturated heterocycles. The van der Waals surface area contributed by atoms with E-state index < -0.39 is 15.8 Å². The number of nitrogens with one attached hydrogen (secondary N) is 1. The molecule has 156 valence electrons. The van der Waals surface area contributed by atoms with E-state index in [1.165, 1.54) is 29.3 Å². The first-order chi connectivity index (χ1) is 13.5. The van der Waals surface area contributed by atoms with Crippen LogP contribution in [0.15, 0.2) is 29.2 Å². The van der Waals surface area contributed by atoms with Crippen molar-refractivity contribution < 1.29 is 22.3 Å². The summed E-state index contributed by atoms with van der Waals surface area (Å²) >= 11 is 0. The van der Waals surface area contributed by atoms with Crippen LogP contribution in [0.4, 0.5) is 4.39 Å². The van der Waals surface area contributed by atoms with Crippen molar-refractivity contribution in [1.29, 1.82) is 0 Å². The maximum atomic E-state index is 13.1. The van der Waals surface area contributed by atoms with Crippen molar-refractivity contribution in [2.24, 2.45) is 5.92 Å². The van der Waals surface area contributed by atoms with Gasteiger partial charge in [0.15, 0.2) is 0 Å². The number of hydrogen-bond acceptors (Lipinski definition) is 4. The van der Waals surface area contributed by atoms with Gasteiger partial charge in [-0.15, -0.1) is 0 Å². The van der Waals surface area contributed by atoms with Crippen LogP contribution in [0.1, 0.15) is 44.9 Å². The van der Waals surface area contributed by atoms with Crippen LogP contribution in [0.3, 0.4) is 0 Å². The molecule has 1 N–H and O–H groups in total. The SMILES string of the molecule is O=C(NCCCOC1CCCC1)C1CCCN(S(=O)(=O)c2ccc(F)cc2)C1. The van der Waals surface area contributed by atoms with Gasteiger partial charge in [0, 0.05) is 26.2 Å². The molecule has 1 aromatic carbocycles. The summed E-state index contributed by atoms with van der Waals surface area (Å²) in [6.07, 6.45) is 7.16. The molecule has 3 rings (SSSR count). The molecule has 1 aromatic rings. The van der Waals surface area contributed by atoms with E-state index in [1.54, 1.807) is 0 Å². The predicted octanol–water partition coefficient (Wildman–Crippen LogP) is 2.69. The van der Waals surface area contributed by atoms with Gasteiger partial charge in [-0.05, 0) is 56.4 Å². The van der Waals surface area contributed by atoms with Gasteiger partial charge in [0.2, 0.25) is 15.9 Å². The van der Waals surface area contributed by atoms with Crippen molar-refractivity contribution in [3.8, 4) is 0 Å². The minimum Gasteiger partial charge on any atom is -0.378 e. The Morgan fingerprint density at radius 1 is 1.14 bits per heavy atom. The lowest BCUT2D eigenvalue weighted by atomic mass is 9.99. The zero-order valence-corrected chi connectivity index (χ0v) is 16.9. The predicted molar refractivity (Wildman–Crippen MR) is 104 cm³/mol. The molecule has 1 atom stereocenters.